The van der Waals surface area contributed by atoms with Gasteiger partial charge in [-0.15, -0.1) is 0 Å². The zero-order valence-electron chi connectivity index (χ0n) is 14.0. The first-order valence-electron chi connectivity index (χ1n) is 7.99. The maximum atomic E-state index is 13.5. The fourth-order valence-electron chi connectivity index (χ4n) is 2.32. The normalized spacial score (nSPS) is 13.2. The molecule has 0 spiro atoms. The van der Waals surface area contributed by atoms with E-state index in [9.17, 15) is 9.18 Å². The topological polar surface area (TPSA) is 64.4 Å². The molecular weight excluding hydrogens is 307 g/mol. The number of anilines is 1. The summed E-state index contributed by atoms with van der Waals surface area (Å²) in [5, 5.41) is 2.80. The van der Waals surface area contributed by atoms with Gasteiger partial charge < -0.3 is 15.8 Å². The third kappa shape index (κ3) is 4.80. The van der Waals surface area contributed by atoms with E-state index in [0.29, 0.717) is 23.4 Å². The number of nitrogens with two attached hydrogens (primary N) is 1. The number of benzene rings is 2. The van der Waals surface area contributed by atoms with E-state index in [1.54, 1.807) is 49.4 Å². The number of rotatable bonds is 7. The monoisotopic (exact) mass is 330 g/mol. The Hall–Kier alpha value is -2.40. The number of halogens is 1. The molecule has 0 bridgehead atoms. The summed E-state index contributed by atoms with van der Waals surface area (Å²) in [5.74, 6) is 0.0873. The Morgan fingerprint density at radius 2 is 1.88 bits per heavy atom. The maximum Gasteiger partial charge on any atom is 0.244 e. The molecule has 0 heterocycles. The van der Waals surface area contributed by atoms with Gasteiger partial charge in [0.15, 0.2) is 0 Å². The molecule has 0 aliphatic rings. The molecule has 1 amide bonds. The first-order chi connectivity index (χ1) is 11.4. The van der Waals surface area contributed by atoms with Gasteiger partial charge in [-0.25, -0.2) is 4.39 Å². The highest BCUT2D eigenvalue weighted by Crippen LogP contribution is 2.19. The van der Waals surface area contributed by atoms with Crippen molar-refractivity contribution in [1.82, 2.24) is 0 Å². The van der Waals surface area contributed by atoms with Crippen molar-refractivity contribution < 1.29 is 13.9 Å². The van der Waals surface area contributed by atoms with Crippen LogP contribution in [0.25, 0.3) is 0 Å². The van der Waals surface area contributed by atoms with Crippen LogP contribution < -0.4 is 15.8 Å². The van der Waals surface area contributed by atoms with Crippen LogP contribution in [0.1, 0.15) is 32.3 Å². The Balaban J connectivity index is 1.93. The molecule has 0 saturated carbocycles. The number of ether oxygens (including phenoxy) is 1. The molecule has 0 saturated heterocycles. The van der Waals surface area contributed by atoms with Crippen molar-refractivity contribution >= 4 is 11.6 Å². The molecule has 0 fully saturated rings. The summed E-state index contributed by atoms with van der Waals surface area (Å²) in [6.07, 6.45) is 1.45. The number of carbonyl (C=O) groups excluding carboxylic acids is 1. The standard InChI is InChI=1S/C19H23FN2O2/c1-3-12-19(2,21)18(23)22-15-8-10-16(11-9-15)24-13-14-6-4-5-7-17(14)20/h4-11H,3,12-13,21H2,1-2H3,(H,22,23). The molecule has 24 heavy (non-hydrogen) atoms. The lowest BCUT2D eigenvalue weighted by atomic mass is 9.96. The smallest absolute Gasteiger partial charge is 0.244 e. The second kappa shape index (κ2) is 7.93. The number of hydrogen-bond acceptors (Lipinski definition) is 3. The molecule has 0 aromatic heterocycles. The van der Waals surface area contributed by atoms with Gasteiger partial charge >= 0.3 is 0 Å². The Morgan fingerprint density at radius 1 is 1.21 bits per heavy atom. The van der Waals surface area contributed by atoms with Crippen LogP contribution in [0.5, 0.6) is 5.75 Å². The van der Waals surface area contributed by atoms with E-state index in [4.69, 9.17) is 10.5 Å². The van der Waals surface area contributed by atoms with Crippen LogP contribution in [0.15, 0.2) is 48.5 Å². The lowest BCUT2D eigenvalue weighted by Gasteiger charge is -2.22. The molecule has 2 aromatic carbocycles. The Bertz CT molecular complexity index is 684. The Kier molecular flexibility index (Phi) is 5.93. The average Bonchev–Trinajstić information content (AvgIpc) is 2.55. The van der Waals surface area contributed by atoms with Crippen LogP contribution >= 0.6 is 0 Å². The fraction of sp³-hybridized carbons (Fsp3) is 0.316. The third-order valence-corrected chi connectivity index (χ3v) is 3.75. The molecule has 128 valence electrons. The highest BCUT2D eigenvalue weighted by Gasteiger charge is 2.27. The molecule has 0 aliphatic carbocycles. The maximum absolute atomic E-state index is 13.5. The summed E-state index contributed by atoms with van der Waals surface area (Å²) >= 11 is 0. The number of carbonyl (C=O) groups is 1. The predicted molar refractivity (Wildman–Crippen MR) is 93.3 cm³/mol. The summed E-state index contributed by atoms with van der Waals surface area (Å²) in [5.41, 5.74) is 6.25. The van der Waals surface area contributed by atoms with Gasteiger partial charge in [0.25, 0.3) is 0 Å². The van der Waals surface area contributed by atoms with Crippen LogP contribution in [0.4, 0.5) is 10.1 Å². The summed E-state index contributed by atoms with van der Waals surface area (Å²) < 4.78 is 19.1. The van der Waals surface area contributed by atoms with Crippen molar-refractivity contribution in [2.24, 2.45) is 5.73 Å². The molecular formula is C19H23FN2O2. The van der Waals surface area contributed by atoms with E-state index < -0.39 is 5.54 Å². The predicted octanol–water partition coefficient (Wildman–Crippen LogP) is 3.86. The van der Waals surface area contributed by atoms with E-state index >= 15 is 0 Å². The van der Waals surface area contributed by atoms with Crippen LogP contribution in [0.3, 0.4) is 0 Å². The lowest BCUT2D eigenvalue weighted by molar-refractivity contribution is -0.120. The minimum Gasteiger partial charge on any atom is -0.489 e. The molecule has 2 aromatic rings. The van der Waals surface area contributed by atoms with E-state index in [-0.39, 0.29) is 18.3 Å². The zero-order valence-corrected chi connectivity index (χ0v) is 14.0. The number of amides is 1. The van der Waals surface area contributed by atoms with Crippen LogP contribution in [-0.2, 0) is 11.4 Å². The molecule has 0 aliphatic heterocycles. The van der Waals surface area contributed by atoms with Gasteiger partial charge in [-0.1, -0.05) is 31.5 Å². The van der Waals surface area contributed by atoms with Crippen molar-refractivity contribution in [2.45, 2.75) is 38.8 Å². The van der Waals surface area contributed by atoms with Gasteiger partial charge in [-0.2, -0.15) is 0 Å². The van der Waals surface area contributed by atoms with E-state index in [1.807, 2.05) is 6.92 Å². The molecule has 4 nitrogen and oxygen atoms in total. The average molecular weight is 330 g/mol. The van der Waals surface area contributed by atoms with Gasteiger partial charge in [0.1, 0.15) is 18.2 Å². The molecule has 5 heteroatoms. The molecule has 1 unspecified atom stereocenters. The largest absolute Gasteiger partial charge is 0.489 e. The lowest BCUT2D eigenvalue weighted by Crippen LogP contribution is -2.48. The summed E-state index contributed by atoms with van der Waals surface area (Å²) in [4.78, 5) is 12.1. The number of nitrogens with one attached hydrogen (secondary N) is 1. The summed E-state index contributed by atoms with van der Waals surface area (Å²) in [6, 6.07) is 13.4. The van der Waals surface area contributed by atoms with Crippen molar-refractivity contribution in [2.75, 3.05) is 5.32 Å². The van der Waals surface area contributed by atoms with Gasteiger partial charge in [0.2, 0.25) is 5.91 Å². The highest BCUT2D eigenvalue weighted by atomic mass is 19.1. The van der Waals surface area contributed by atoms with Crippen molar-refractivity contribution in [3.05, 3.63) is 59.9 Å². The Morgan fingerprint density at radius 3 is 2.50 bits per heavy atom. The number of hydrogen-bond donors (Lipinski definition) is 2. The second-order valence-corrected chi connectivity index (χ2v) is 6.03. The molecule has 0 radical (unpaired) electrons. The van der Waals surface area contributed by atoms with Crippen molar-refractivity contribution in [3.63, 3.8) is 0 Å². The van der Waals surface area contributed by atoms with E-state index in [1.165, 1.54) is 6.07 Å². The molecule has 2 rings (SSSR count). The Labute approximate surface area is 141 Å². The highest BCUT2D eigenvalue weighted by molar-refractivity contribution is 5.97. The van der Waals surface area contributed by atoms with E-state index in [0.717, 1.165) is 6.42 Å². The van der Waals surface area contributed by atoms with Crippen molar-refractivity contribution in [3.8, 4) is 5.75 Å². The molecule has 3 N–H and O–H groups in total. The second-order valence-electron chi connectivity index (χ2n) is 6.03. The first kappa shape index (κ1) is 17.9. The zero-order chi connectivity index (χ0) is 17.6. The quantitative estimate of drug-likeness (QED) is 0.810. The minimum absolute atomic E-state index is 0.149. The first-order valence-corrected chi connectivity index (χ1v) is 7.99. The fourth-order valence-corrected chi connectivity index (χ4v) is 2.32. The van der Waals surface area contributed by atoms with Gasteiger partial charge in [0, 0.05) is 11.3 Å². The van der Waals surface area contributed by atoms with E-state index in [2.05, 4.69) is 5.32 Å². The SMILES string of the molecule is CCCC(C)(N)C(=O)Nc1ccc(OCc2ccccc2F)cc1. The minimum atomic E-state index is -0.894. The third-order valence-electron chi connectivity index (χ3n) is 3.75. The van der Waals surface area contributed by atoms with Crippen molar-refractivity contribution in [1.29, 1.82) is 0 Å². The van der Waals surface area contributed by atoms with Crippen LogP contribution in [0.2, 0.25) is 0 Å². The van der Waals surface area contributed by atoms with Gasteiger partial charge in [0.05, 0.1) is 5.54 Å². The van der Waals surface area contributed by atoms with Gasteiger partial charge in [-0.3, -0.25) is 4.79 Å². The van der Waals surface area contributed by atoms with Gasteiger partial charge in [-0.05, 0) is 43.7 Å². The van der Waals surface area contributed by atoms with Crippen LogP contribution in [-0.4, -0.2) is 11.4 Å². The summed E-state index contributed by atoms with van der Waals surface area (Å²) in [7, 11) is 0. The summed E-state index contributed by atoms with van der Waals surface area (Å²) in [6.45, 7) is 3.85. The van der Waals surface area contributed by atoms with Crippen LogP contribution in [0, 0.1) is 5.82 Å². The molecule has 1 atom stereocenters.